The van der Waals surface area contributed by atoms with Crippen LogP contribution in [0.5, 0.6) is 0 Å². The van der Waals surface area contributed by atoms with E-state index in [9.17, 15) is 18.9 Å². The summed E-state index contributed by atoms with van der Waals surface area (Å²) in [7, 11) is -1.39. The van der Waals surface area contributed by atoms with Crippen LogP contribution in [0.25, 0.3) is 0 Å². The summed E-state index contributed by atoms with van der Waals surface area (Å²) >= 11 is 0. The maximum absolute atomic E-state index is 12.5. The highest BCUT2D eigenvalue weighted by molar-refractivity contribution is 7.51. The Hall–Kier alpha value is -2.04. The number of aromatic amines is 1. The van der Waals surface area contributed by atoms with E-state index in [-0.39, 0.29) is 6.61 Å². The molecule has 11 nitrogen and oxygen atoms in total. The van der Waals surface area contributed by atoms with E-state index in [0.29, 0.717) is 5.56 Å². The number of hydrogen-bond donors (Lipinski definition) is 2. The molecule has 2 rings (SSSR count). The van der Waals surface area contributed by atoms with E-state index in [4.69, 9.17) is 13.8 Å². The molecular formula is C15H22N3O8P. The van der Waals surface area contributed by atoms with Crippen molar-refractivity contribution in [1.82, 2.24) is 14.6 Å². The van der Waals surface area contributed by atoms with Crippen LogP contribution < -0.4 is 16.3 Å². The second-order valence-electron chi connectivity index (χ2n) is 5.78. The van der Waals surface area contributed by atoms with Gasteiger partial charge in [0, 0.05) is 18.9 Å². The summed E-state index contributed by atoms with van der Waals surface area (Å²) in [6.45, 7) is 2.86. The third kappa shape index (κ3) is 5.24. The molecule has 0 radical (unpaired) electrons. The number of hydrogen-bond acceptors (Lipinski definition) is 8. The van der Waals surface area contributed by atoms with Crippen LogP contribution >= 0.6 is 7.75 Å². The molecule has 1 aromatic heterocycles. The lowest BCUT2D eigenvalue weighted by molar-refractivity contribution is -0.142. The zero-order chi connectivity index (χ0) is 20.2. The number of carbonyl (C=O) groups excluding carboxylic acids is 1. The van der Waals surface area contributed by atoms with E-state index in [2.05, 4.69) is 14.8 Å². The smallest absolute Gasteiger partial charge is 0.406 e. The quantitative estimate of drug-likeness (QED) is 0.355. The standard InChI is InChI=1S/C15H22N3O8P/c1-9-7-18(15(21)16-13(9)19)12-6-5-11(26-12)8-25-27(22,24-4)17-10(2)14(20)23-3/h5-7,10-12H,8H2,1-4H3,(H,17,22)(H,16,19,21)/t10-,11-,12+,27?/m0/s1. The van der Waals surface area contributed by atoms with Gasteiger partial charge in [-0.05, 0) is 19.9 Å². The van der Waals surface area contributed by atoms with Crippen molar-refractivity contribution in [2.45, 2.75) is 32.2 Å². The fraction of sp³-hybridized carbons (Fsp3) is 0.533. The van der Waals surface area contributed by atoms with E-state index in [1.807, 2.05) is 0 Å². The van der Waals surface area contributed by atoms with Crippen LogP contribution in [0, 0.1) is 6.92 Å². The van der Waals surface area contributed by atoms with Gasteiger partial charge in [-0.1, -0.05) is 6.08 Å². The monoisotopic (exact) mass is 403 g/mol. The van der Waals surface area contributed by atoms with E-state index in [1.54, 1.807) is 19.1 Å². The minimum Gasteiger partial charge on any atom is -0.468 e. The van der Waals surface area contributed by atoms with Gasteiger partial charge < -0.3 is 14.0 Å². The van der Waals surface area contributed by atoms with Gasteiger partial charge in [-0.25, -0.2) is 14.4 Å². The Morgan fingerprint density at radius 3 is 2.74 bits per heavy atom. The van der Waals surface area contributed by atoms with E-state index in [1.165, 1.54) is 31.9 Å². The van der Waals surface area contributed by atoms with Gasteiger partial charge in [-0.15, -0.1) is 0 Å². The van der Waals surface area contributed by atoms with Gasteiger partial charge in [0.1, 0.15) is 12.1 Å². The number of methoxy groups -OCH3 is 1. The predicted molar refractivity (Wildman–Crippen MR) is 94.3 cm³/mol. The first kappa shape index (κ1) is 21.3. The van der Waals surface area contributed by atoms with Crippen molar-refractivity contribution >= 4 is 13.7 Å². The fourth-order valence-electron chi connectivity index (χ4n) is 2.30. The molecule has 0 bridgehead atoms. The Bertz CT molecular complexity index is 877. The zero-order valence-electron chi connectivity index (χ0n) is 15.3. The molecule has 4 atom stereocenters. The summed E-state index contributed by atoms with van der Waals surface area (Å²) in [5.41, 5.74) is -0.723. The normalized spacial score (nSPS) is 22.4. The molecule has 150 valence electrons. The largest absolute Gasteiger partial charge is 0.468 e. The molecule has 0 saturated carbocycles. The maximum Gasteiger partial charge on any atom is 0.406 e. The van der Waals surface area contributed by atoms with Gasteiger partial charge in [0.15, 0.2) is 6.23 Å². The molecule has 0 aromatic carbocycles. The molecule has 1 unspecified atom stereocenters. The highest BCUT2D eigenvalue weighted by Gasteiger charge is 2.31. The highest BCUT2D eigenvalue weighted by atomic mass is 31.2. The lowest BCUT2D eigenvalue weighted by Crippen LogP contribution is -2.35. The molecular weight excluding hydrogens is 381 g/mol. The number of aryl methyl sites for hydroxylation is 1. The van der Waals surface area contributed by atoms with Crippen LogP contribution in [0.4, 0.5) is 0 Å². The van der Waals surface area contributed by atoms with Crippen LogP contribution in [0.1, 0.15) is 18.7 Å². The van der Waals surface area contributed by atoms with Gasteiger partial charge in [0.05, 0.1) is 13.7 Å². The number of carbonyl (C=O) groups is 1. The van der Waals surface area contributed by atoms with E-state index in [0.717, 1.165) is 0 Å². The molecule has 0 aliphatic carbocycles. The maximum atomic E-state index is 12.5. The van der Waals surface area contributed by atoms with Crippen LogP contribution in [-0.4, -0.2) is 48.5 Å². The SMILES string of the molecule is COC(=O)[C@H](C)NP(=O)(OC)OC[C@@H]1C=C[C@H](n2cc(C)c(=O)[nH]c2=O)O1. The van der Waals surface area contributed by atoms with Crippen LogP contribution in [-0.2, 0) is 27.9 Å². The fourth-order valence-corrected chi connectivity index (χ4v) is 3.51. The zero-order valence-corrected chi connectivity index (χ0v) is 16.2. The molecule has 0 spiro atoms. The second-order valence-corrected chi connectivity index (χ2v) is 7.65. The Morgan fingerprint density at radius 1 is 1.41 bits per heavy atom. The number of esters is 1. The van der Waals surface area contributed by atoms with Gasteiger partial charge >= 0.3 is 19.4 Å². The van der Waals surface area contributed by atoms with E-state index >= 15 is 0 Å². The average Bonchev–Trinajstić information content (AvgIpc) is 3.11. The molecule has 1 aliphatic rings. The second kappa shape index (κ2) is 8.77. The van der Waals surface area contributed by atoms with Crippen molar-refractivity contribution in [2.75, 3.05) is 20.8 Å². The van der Waals surface area contributed by atoms with Crippen molar-refractivity contribution in [3.05, 3.63) is 44.8 Å². The third-order valence-corrected chi connectivity index (χ3v) is 5.45. The molecule has 0 saturated heterocycles. The first-order valence-corrected chi connectivity index (χ1v) is 9.55. The van der Waals surface area contributed by atoms with Crippen LogP contribution in [0.2, 0.25) is 0 Å². The number of rotatable bonds is 8. The highest BCUT2D eigenvalue weighted by Crippen LogP contribution is 2.43. The Balaban J connectivity index is 1.98. The lowest BCUT2D eigenvalue weighted by atomic mass is 10.3. The van der Waals surface area contributed by atoms with Crippen molar-refractivity contribution < 1.29 is 27.9 Å². The average molecular weight is 403 g/mol. The lowest BCUT2D eigenvalue weighted by Gasteiger charge is -2.22. The summed E-state index contributed by atoms with van der Waals surface area (Å²) in [5.74, 6) is -0.624. The topological polar surface area (TPSA) is 138 Å². The van der Waals surface area contributed by atoms with Crippen molar-refractivity contribution in [1.29, 1.82) is 0 Å². The summed E-state index contributed by atoms with van der Waals surface area (Å²) in [4.78, 5) is 37.0. The Kier molecular flexibility index (Phi) is 6.90. The third-order valence-electron chi connectivity index (χ3n) is 3.78. The number of nitrogens with zero attached hydrogens (tertiary/aromatic N) is 1. The minimum absolute atomic E-state index is 0.157. The van der Waals surface area contributed by atoms with Gasteiger partial charge in [-0.2, -0.15) is 0 Å². The molecule has 2 heterocycles. The summed E-state index contributed by atoms with van der Waals surface area (Å²) in [5, 5.41) is 2.45. The Morgan fingerprint density at radius 2 is 2.11 bits per heavy atom. The first-order valence-electron chi connectivity index (χ1n) is 8.01. The van der Waals surface area contributed by atoms with Gasteiger partial charge in [0.25, 0.3) is 5.56 Å². The predicted octanol–water partition coefficient (Wildman–Crippen LogP) is 0.221. The summed E-state index contributed by atoms with van der Waals surface area (Å²) < 4.78 is 34.1. The minimum atomic E-state index is -3.77. The number of nitrogens with one attached hydrogen (secondary N) is 2. The molecule has 27 heavy (non-hydrogen) atoms. The van der Waals surface area contributed by atoms with Crippen molar-refractivity contribution in [2.24, 2.45) is 0 Å². The molecule has 0 fully saturated rings. The van der Waals surface area contributed by atoms with Crippen molar-refractivity contribution in [3.63, 3.8) is 0 Å². The summed E-state index contributed by atoms with van der Waals surface area (Å²) in [6.07, 6.45) is 3.26. The van der Waals surface area contributed by atoms with Crippen molar-refractivity contribution in [3.8, 4) is 0 Å². The van der Waals surface area contributed by atoms with Crippen LogP contribution in [0.15, 0.2) is 27.9 Å². The molecule has 0 amide bonds. The number of ether oxygens (including phenoxy) is 2. The van der Waals surface area contributed by atoms with Crippen LogP contribution in [0.3, 0.4) is 0 Å². The van der Waals surface area contributed by atoms with E-state index < -0.39 is 43.3 Å². The molecule has 2 N–H and O–H groups in total. The molecule has 12 heteroatoms. The number of H-pyrrole nitrogens is 1. The van der Waals surface area contributed by atoms with Gasteiger partial charge in [0.2, 0.25) is 0 Å². The molecule has 1 aromatic rings. The first-order chi connectivity index (χ1) is 12.7. The Labute approximate surface area is 154 Å². The molecule has 1 aliphatic heterocycles. The van der Waals surface area contributed by atoms with Gasteiger partial charge in [-0.3, -0.25) is 23.7 Å². The number of aromatic nitrogens is 2. The summed E-state index contributed by atoms with van der Waals surface area (Å²) in [6, 6.07) is -0.906.